The number of carboxylic acids is 1. The summed E-state index contributed by atoms with van der Waals surface area (Å²) in [6, 6.07) is 6.26. The van der Waals surface area contributed by atoms with Gasteiger partial charge in [-0.1, -0.05) is 17.7 Å². The highest BCUT2D eigenvalue weighted by molar-refractivity contribution is 7.95. The topological polar surface area (TPSA) is 71.4 Å². The molecule has 1 aromatic carbocycles. The number of carbonyl (C=O) groups is 1. The van der Waals surface area contributed by atoms with Crippen molar-refractivity contribution < 1.29 is 18.3 Å². The quantitative estimate of drug-likeness (QED) is 0.817. The maximum Gasteiger partial charge on any atom is 0.329 e. The van der Waals surface area contributed by atoms with Gasteiger partial charge in [-0.05, 0) is 26.0 Å². The van der Waals surface area contributed by atoms with E-state index < -0.39 is 15.8 Å². The molecule has 0 aromatic heterocycles. The van der Waals surface area contributed by atoms with Crippen LogP contribution in [0.4, 0.5) is 0 Å². The highest BCUT2D eigenvalue weighted by Gasteiger charge is 2.17. The summed E-state index contributed by atoms with van der Waals surface area (Å²) in [6.07, 6.45) is 0.690. The Balaban J connectivity index is 3.22. The van der Waals surface area contributed by atoms with Gasteiger partial charge in [0, 0.05) is 6.08 Å². The Morgan fingerprint density at radius 2 is 1.75 bits per heavy atom. The zero-order valence-electron chi connectivity index (χ0n) is 8.97. The van der Waals surface area contributed by atoms with E-state index in [0.29, 0.717) is 6.08 Å². The Kier molecular flexibility index (Phi) is 3.49. The third kappa shape index (κ3) is 2.70. The summed E-state index contributed by atoms with van der Waals surface area (Å²) >= 11 is 0. The molecule has 4 nitrogen and oxygen atoms in total. The third-order valence-corrected chi connectivity index (χ3v) is 3.94. The summed E-state index contributed by atoms with van der Waals surface area (Å²) in [6.45, 7) is 3.11. The number of aliphatic carboxylic acids is 1. The molecule has 1 N–H and O–H groups in total. The van der Waals surface area contributed by atoms with Crippen molar-refractivity contribution in [2.75, 3.05) is 0 Å². The number of rotatable bonds is 3. The molecule has 16 heavy (non-hydrogen) atoms. The SMILES string of the molecule is C/C(=C\C(=O)O)S(=O)(=O)c1ccc(C)cc1. The molecule has 0 atom stereocenters. The minimum absolute atomic E-state index is 0.105. The molecule has 86 valence electrons. The van der Waals surface area contributed by atoms with Crippen LogP contribution in [0.15, 0.2) is 40.1 Å². The Hall–Kier alpha value is -1.62. The maximum atomic E-state index is 11.8. The number of carboxylic acid groups (broad SMARTS) is 1. The molecule has 0 heterocycles. The Labute approximate surface area is 94.1 Å². The average molecular weight is 240 g/mol. The number of hydrogen-bond acceptors (Lipinski definition) is 3. The van der Waals surface area contributed by atoms with Crippen LogP contribution in [-0.2, 0) is 14.6 Å². The molecule has 0 unspecified atom stereocenters. The molecule has 0 fully saturated rings. The predicted octanol–water partition coefficient (Wildman–Crippen LogP) is 1.76. The van der Waals surface area contributed by atoms with Crippen molar-refractivity contribution >= 4 is 15.8 Å². The maximum absolute atomic E-state index is 11.8. The van der Waals surface area contributed by atoms with Gasteiger partial charge in [-0.2, -0.15) is 0 Å². The van der Waals surface area contributed by atoms with Crippen molar-refractivity contribution in [2.45, 2.75) is 18.7 Å². The van der Waals surface area contributed by atoms with Gasteiger partial charge in [0.05, 0.1) is 9.80 Å². The van der Waals surface area contributed by atoms with Crippen molar-refractivity contribution in [2.24, 2.45) is 0 Å². The highest BCUT2D eigenvalue weighted by Crippen LogP contribution is 2.18. The van der Waals surface area contributed by atoms with E-state index in [0.717, 1.165) is 5.56 Å². The van der Waals surface area contributed by atoms with E-state index in [1.54, 1.807) is 12.1 Å². The van der Waals surface area contributed by atoms with Crippen LogP contribution in [0.3, 0.4) is 0 Å². The second kappa shape index (κ2) is 4.49. The van der Waals surface area contributed by atoms with E-state index in [4.69, 9.17) is 5.11 Å². The molecule has 1 aromatic rings. The molecular weight excluding hydrogens is 228 g/mol. The number of sulfone groups is 1. The number of benzene rings is 1. The largest absolute Gasteiger partial charge is 0.478 e. The monoisotopic (exact) mass is 240 g/mol. The van der Waals surface area contributed by atoms with E-state index >= 15 is 0 Å². The molecule has 0 spiro atoms. The van der Waals surface area contributed by atoms with Crippen LogP contribution >= 0.6 is 0 Å². The molecule has 5 heteroatoms. The second-order valence-electron chi connectivity index (χ2n) is 3.41. The van der Waals surface area contributed by atoms with Crippen molar-refractivity contribution in [3.63, 3.8) is 0 Å². The summed E-state index contributed by atoms with van der Waals surface area (Å²) in [5.74, 6) is -1.27. The van der Waals surface area contributed by atoms with Crippen molar-refractivity contribution in [3.8, 4) is 0 Å². The van der Waals surface area contributed by atoms with Crippen LogP contribution < -0.4 is 0 Å². The number of allylic oxidation sites excluding steroid dienone is 1. The molecule has 1 rings (SSSR count). The zero-order valence-corrected chi connectivity index (χ0v) is 9.78. The second-order valence-corrected chi connectivity index (χ2v) is 5.53. The van der Waals surface area contributed by atoms with E-state index in [1.807, 2.05) is 6.92 Å². The minimum Gasteiger partial charge on any atom is -0.478 e. The van der Waals surface area contributed by atoms with Crippen molar-refractivity contribution in [1.29, 1.82) is 0 Å². The van der Waals surface area contributed by atoms with Gasteiger partial charge in [0.25, 0.3) is 0 Å². The first-order valence-corrected chi connectivity index (χ1v) is 6.05. The van der Waals surface area contributed by atoms with Gasteiger partial charge in [-0.15, -0.1) is 0 Å². The Morgan fingerprint density at radius 1 is 1.25 bits per heavy atom. The number of aryl methyl sites for hydroxylation is 1. The molecule has 0 radical (unpaired) electrons. The molecule has 0 bridgehead atoms. The molecule has 0 aliphatic rings. The standard InChI is InChI=1S/C11H12O4S/c1-8-3-5-10(6-4-8)16(14,15)9(2)7-11(12)13/h3-7H,1-2H3,(H,12,13)/b9-7+. The van der Waals surface area contributed by atoms with Gasteiger partial charge < -0.3 is 5.11 Å². The van der Waals surface area contributed by atoms with Gasteiger partial charge >= 0.3 is 5.97 Å². The fraction of sp³-hybridized carbons (Fsp3) is 0.182. The molecule has 0 aliphatic heterocycles. The lowest BCUT2D eigenvalue weighted by Gasteiger charge is -2.04. The van der Waals surface area contributed by atoms with Crippen molar-refractivity contribution in [3.05, 3.63) is 40.8 Å². The van der Waals surface area contributed by atoms with E-state index in [1.165, 1.54) is 19.1 Å². The smallest absolute Gasteiger partial charge is 0.329 e. The van der Waals surface area contributed by atoms with Gasteiger partial charge in [-0.3, -0.25) is 0 Å². The van der Waals surface area contributed by atoms with Gasteiger partial charge in [0.1, 0.15) is 0 Å². The first-order valence-electron chi connectivity index (χ1n) is 4.57. The summed E-state index contributed by atoms with van der Waals surface area (Å²) < 4.78 is 23.7. The lowest BCUT2D eigenvalue weighted by Crippen LogP contribution is -2.04. The summed E-state index contributed by atoms with van der Waals surface area (Å²) in [7, 11) is -3.67. The first-order chi connectivity index (χ1) is 7.34. The summed E-state index contributed by atoms with van der Waals surface area (Å²) in [4.78, 5) is 10.3. The normalized spacial score (nSPS) is 12.5. The lowest BCUT2D eigenvalue weighted by atomic mass is 10.2. The van der Waals surface area contributed by atoms with Gasteiger partial charge in [0.15, 0.2) is 0 Å². The first kappa shape index (κ1) is 12.4. The van der Waals surface area contributed by atoms with Crippen LogP contribution in [0.25, 0.3) is 0 Å². The highest BCUT2D eigenvalue weighted by atomic mass is 32.2. The summed E-state index contributed by atoms with van der Waals surface area (Å²) in [5.41, 5.74) is 0.943. The van der Waals surface area contributed by atoms with Crippen LogP contribution in [-0.4, -0.2) is 19.5 Å². The predicted molar refractivity (Wildman–Crippen MR) is 59.8 cm³/mol. The van der Waals surface area contributed by atoms with Crippen LogP contribution in [0.2, 0.25) is 0 Å². The molecule has 0 amide bonds. The molecule has 0 saturated carbocycles. The van der Waals surface area contributed by atoms with E-state index in [-0.39, 0.29) is 9.80 Å². The van der Waals surface area contributed by atoms with E-state index in [2.05, 4.69) is 0 Å². The van der Waals surface area contributed by atoms with Gasteiger partial charge in [-0.25, -0.2) is 13.2 Å². The Morgan fingerprint density at radius 3 is 2.19 bits per heavy atom. The Bertz CT molecular complexity index is 524. The minimum atomic E-state index is -3.67. The fourth-order valence-electron chi connectivity index (χ4n) is 1.15. The zero-order chi connectivity index (χ0) is 12.3. The fourth-order valence-corrected chi connectivity index (χ4v) is 2.28. The van der Waals surface area contributed by atoms with Gasteiger partial charge in [0.2, 0.25) is 9.84 Å². The number of hydrogen-bond donors (Lipinski definition) is 1. The lowest BCUT2D eigenvalue weighted by molar-refractivity contribution is -0.131. The average Bonchev–Trinajstić information content (AvgIpc) is 2.17. The summed E-state index contributed by atoms with van der Waals surface area (Å²) in [5, 5.41) is 8.50. The third-order valence-electron chi connectivity index (χ3n) is 2.08. The van der Waals surface area contributed by atoms with Crippen LogP contribution in [0, 0.1) is 6.92 Å². The molecule has 0 aliphatic carbocycles. The molecular formula is C11H12O4S. The van der Waals surface area contributed by atoms with Crippen LogP contribution in [0.1, 0.15) is 12.5 Å². The van der Waals surface area contributed by atoms with E-state index in [9.17, 15) is 13.2 Å². The van der Waals surface area contributed by atoms with Crippen LogP contribution in [0.5, 0.6) is 0 Å². The molecule has 0 saturated heterocycles. The van der Waals surface area contributed by atoms with Crippen molar-refractivity contribution in [1.82, 2.24) is 0 Å².